The third-order valence-electron chi connectivity index (χ3n) is 3.58. The van der Waals surface area contributed by atoms with E-state index >= 15 is 0 Å². The summed E-state index contributed by atoms with van der Waals surface area (Å²) < 4.78 is 10.7. The molecule has 0 saturated heterocycles. The molecule has 0 aliphatic rings. The fraction of sp³-hybridized carbons (Fsp3) is 0.400. The molecule has 2 aromatic rings. The van der Waals surface area contributed by atoms with E-state index in [2.05, 4.69) is 25.9 Å². The van der Waals surface area contributed by atoms with Gasteiger partial charge >= 0.3 is 0 Å². The molecule has 0 bridgehead atoms. The highest BCUT2D eigenvalue weighted by Gasteiger charge is 2.29. The summed E-state index contributed by atoms with van der Waals surface area (Å²) in [7, 11) is 1.65. The zero-order chi connectivity index (χ0) is 14.0. The van der Waals surface area contributed by atoms with Crippen LogP contribution in [0.15, 0.2) is 28.8 Å². The molecule has 2 N–H and O–H groups in total. The van der Waals surface area contributed by atoms with E-state index < -0.39 is 0 Å². The summed E-state index contributed by atoms with van der Waals surface area (Å²) in [5, 5.41) is 3.92. The lowest BCUT2D eigenvalue weighted by Gasteiger charge is -2.20. The van der Waals surface area contributed by atoms with Crippen molar-refractivity contribution in [3.63, 3.8) is 0 Å². The zero-order valence-corrected chi connectivity index (χ0v) is 11.9. The van der Waals surface area contributed by atoms with Crippen molar-refractivity contribution < 1.29 is 9.26 Å². The van der Waals surface area contributed by atoms with Crippen molar-refractivity contribution in [2.45, 2.75) is 32.6 Å². The zero-order valence-electron chi connectivity index (χ0n) is 11.9. The van der Waals surface area contributed by atoms with Gasteiger partial charge in [0.25, 0.3) is 0 Å². The Morgan fingerprint density at radius 2 is 2.11 bits per heavy atom. The van der Waals surface area contributed by atoms with Crippen molar-refractivity contribution in [3.05, 3.63) is 30.0 Å². The minimum absolute atomic E-state index is 0.108. The lowest BCUT2D eigenvalue weighted by atomic mass is 9.83. The summed E-state index contributed by atoms with van der Waals surface area (Å²) in [4.78, 5) is 0. The van der Waals surface area contributed by atoms with E-state index in [0.29, 0.717) is 5.82 Å². The highest BCUT2D eigenvalue weighted by molar-refractivity contribution is 5.77. The van der Waals surface area contributed by atoms with Crippen molar-refractivity contribution in [1.82, 2.24) is 5.16 Å². The molecule has 0 radical (unpaired) electrons. The standard InChI is InChI=1S/C15H20N2O2/c1-5-15(2,3)13-12(14(16)17-19-13)10-7-6-8-11(9-10)18-4/h6-9H,5H2,1-4H3,(H2,16,17). The van der Waals surface area contributed by atoms with Gasteiger partial charge in [-0.1, -0.05) is 38.1 Å². The van der Waals surface area contributed by atoms with Crippen LogP contribution in [0.5, 0.6) is 5.75 Å². The van der Waals surface area contributed by atoms with Gasteiger partial charge in [0, 0.05) is 5.41 Å². The van der Waals surface area contributed by atoms with E-state index in [1.165, 1.54) is 0 Å². The Bertz CT molecular complexity index is 573. The van der Waals surface area contributed by atoms with Gasteiger partial charge in [-0.3, -0.25) is 0 Å². The number of anilines is 1. The summed E-state index contributed by atoms with van der Waals surface area (Å²) in [5.41, 5.74) is 7.70. The molecule has 0 spiro atoms. The number of hydrogen-bond acceptors (Lipinski definition) is 4. The monoisotopic (exact) mass is 260 g/mol. The smallest absolute Gasteiger partial charge is 0.175 e. The molecule has 1 aromatic carbocycles. The second-order valence-electron chi connectivity index (χ2n) is 5.24. The molecule has 0 aliphatic heterocycles. The summed E-state index contributed by atoms with van der Waals surface area (Å²) in [6.07, 6.45) is 0.943. The van der Waals surface area contributed by atoms with Crippen molar-refractivity contribution in [3.8, 4) is 16.9 Å². The van der Waals surface area contributed by atoms with Crippen LogP contribution < -0.4 is 10.5 Å². The number of nitrogens with zero attached hydrogens (tertiary/aromatic N) is 1. The number of methoxy groups -OCH3 is 1. The van der Waals surface area contributed by atoms with Crippen LogP contribution in [0.25, 0.3) is 11.1 Å². The molecule has 2 rings (SSSR count). The molecule has 4 heteroatoms. The molecule has 4 nitrogen and oxygen atoms in total. The molecular formula is C15H20N2O2. The van der Waals surface area contributed by atoms with Gasteiger partial charge in [-0.2, -0.15) is 0 Å². The maximum atomic E-state index is 5.97. The molecule has 1 aromatic heterocycles. The maximum Gasteiger partial charge on any atom is 0.175 e. The number of nitrogens with two attached hydrogens (primary N) is 1. The third-order valence-corrected chi connectivity index (χ3v) is 3.58. The Hall–Kier alpha value is -1.97. The third kappa shape index (κ3) is 2.43. The Balaban J connectivity index is 2.58. The Morgan fingerprint density at radius 1 is 1.37 bits per heavy atom. The van der Waals surface area contributed by atoms with Gasteiger partial charge in [0.05, 0.1) is 12.7 Å². The van der Waals surface area contributed by atoms with Crippen LogP contribution in [0.3, 0.4) is 0 Å². The SMILES string of the molecule is CCC(C)(C)c1onc(N)c1-c1cccc(OC)c1. The molecule has 0 aliphatic carbocycles. The number of benzene rings is 1. The predicted molar refractivity (Wildman–Crippen MR) is 76.2 cm³/mol. The lowest BCUT2D eigenvalue weighted by molar-refractivity contribution is 0.313. The van der Waals surface area contributed by atoms with E-state index in [1.54, 1.807) is 7.11 Å². The fourth-order valence-corrected chi connectivity index (χ4v) is 1.98. The summed E-state index contributed by atoms with van der Waals surface area (Å²) in [5.74, 6) is 2.03. The van der Waals surface area contributed by atoms with Crippen molar-refractivity contribution in [2.24, 2.45) is 0 Å². The Morgan fingerprint density at radius 3 is 2.74 bits per heavy atom. The van der Waals surface area contributed by atoms with Gasteiger partial charge in [0.15, 0.2) is 11.6 Å². The summed E-state index contributed by atoms with van der Waals surface area (Å²) in [6, 6.07) is 7.76. The molecule has 19 heavy (non-hydrogen) atoms. The topological polar surface area (TPSA) is 61.3 Å². The number of nitrogen functional groups attached to an aromatic ring is 1. The molecule has 0 saturated carbocycles. The maximum absolute atomic E-state index is 5.97. The molecule has 0 amide bonds. The van der Waals surface area contributed by atoms with Gasteiger partial charge in [-0.25, -0.2) is 0 Å². The lowest BCUT2D eigenvalue weighted by Crippen LogP contribution is -2.15. The molecule has 1 heterocycles. The van der Waals surface area contributed by atoms with E-state index in [4.69, 9.17) is 15.0 Å². The quantitative estimate of drug-likeness (QED) is 0.912. The van der Waals surface area contributed by atoms with Gasteiger partial charge in [-0.15, -0.1) is 0 Å². The van der Waals surface area contributed by atoms with E-state index in [9.17, 15) is 0 Å². The van der Waals surface area contributed by atoms with Crippen LogP contribution in [0.2, 0.25) is 0 Å². The predicted octanol–water partition coefficient (Wildman–Crippen LogP) is 3.62. The largest absolute Gasteiger partial charge is 0.497 e. The molecular weight excluding hydrogens is 240 g/mol. The van der Waals surface area contributed by atoms with E-state index in [0.717, 1.165) is 29.1 Å². The van der Waals surface area contributed by atoms with Crippen LogP contribution in [0.1, 0.15) is 33.0 Å². The minimum atomic E-state index is -0.108. The summed E-state index contributed by atoms with van der Waals surface area (Å²) >= 11 is 0. The highest BCUT2D eigenvalue weighted by atomic mass is 16.5. The van der Waals surface area contributed by atoms with Gasteiger partial charge in [0.1, 0.15) is 5.75 Å². The van der Waals surface area contributed by atoms with Crippen LogP contribution in [0.4, 0.5) is 5.82 Å². The first-order chi connectivity index (χ1) is 8.99. The first-order valence-corrected chi connectivity index (χ1v) is 6.39. The molecule has 0 unspecified atom stereocenters. The number of ether oxygens (including phenoxy) is 1. The molecule has 0 atom stereocenters. The van der Waals surface area contributed by atoms with Crippen LogP contribution in [-0.2, 0) is 5.41 Å². The highest BCUT2D eigenvalue weighted by Crippen LogP contribution is 2.39. The Kier molecular flexibility index (Phi) is 3.51. The number of hydrogen-bond donors (Lipinski definition) is 1. The van der Waals surface area contributed by atoms with Crippen LogP contribution in [-0.4, -0.2) is 12.3 Å². The molecule has 0 fully saturated rings. The minimum Gasteiger partial charge on any atom is -0.497 e. The van der Waals surface area contributed by atoms with Gasteiger partial charge in [-0.05, 0) is 24.1 Å². The fourth-order valence-electron chi connectivity index (χ4n) is 1.98. The Labute approximate surface area is 113 Å². The second kappa shape index (κ2) is 4.96. The van der Waals surface area contributed by atoms with Gasteiger partial charge < -0.3 is 15.0 Å². The van der Waals surface area contributed by atoms with Gasteiger partial charge in [0.2, 0.25) is 0 Å². The van der Waals surface area contributed by atoms with Crippen molar-refractivity contribution >= 4 is 5.82 Å². The van der Waals surface area contributed by atoms with E-state index in [-0.39, 0.29) is 5.41 Å². The molecule has 102 valence electrons. The average Bonchev–Trinajstić information content (AvgIpc) is 2.81. The first kappa shape index (κ1) is 13.5. The first-order valence-electron chi connectivity index (χ1n) is 6.39. The van der Waals surface area contributed by atoms with E-state index in [1.807, 2.05) is 24.3 Å². The van der Waals surface area contributed by atoms with Crippen molar-refractivity contribution in [1.29, 1.82) is 0 Å². The van der Waals surface area contributed by atoms with Crippen LogP contribution >= 0.6 is 0 Å². The number of rotatable bonds is 4. The van der Waals surface area contributed by atoms with Crippen LogP contribution in [0, 0.1) is 0 Å². The average molecular weight is 260 g/mol. The number of aromatic nitrogens is 1. The second-order valence-corrected chi connectivity index (χ2v) is 5.24. The summed E-state index contributed by atoms with van der Waals surface area (Å²) in [6.45, 7) is 6.36. The normalized spacial score (nSPS) is 11.6. The van der Waals surface area contributed by atoms with Crippen molar-refractivity contribution in [2.75, 3.05) is 12.8 Å².